The molecule has 0 atom stereocenters. The molecular weight excluding hydrogens is 372 g/mol. The Hall–Kier alpha value is -3.94. The highest BCUT2D eigenvalue weighted by atomic mass is 16.4. The van der Waals surface area contributed by atoms with Crippen molar-refractivity contribution in [3.63, 3.8) is 0 Å². The van der Waals surface area contributed by atoms with E-state index in [1.807, 2.05) is 48.5 Å². The van der Waals surface area contributed by atoms with Gasteiger partial charge in [0.25, 0.3) is 0 Å². The fourth-order valence-corrected chi connectivity index (χ4v) is 2.91. The second-order valence-electron chi connectivity index (χ2n) is 6.42. The number of benzene rings is 2. The number of carbonyl (C=O) groups is 2. The molecule has 2 amide bonds. The van der Waals surface area contributed by atoms with Gasteiger partial charge in [0.15, 0.2) is 5.76 Å². The molecule has 0 fully saturated rings. The van der Waals surface area contributed by atoms with Crippen LogP contribution in [-0.4, -0.2) is 22.0 Å². The molecule has 2 heterocycles. The first-order valence-electron chi connectivity index (χ1n) is 9.07. The van der Waals surface area contributed by atoms with Crippen molar-refractivity contribution < 1.29 is 18.4 Å². The summed E-state index contributed by atoms with van der Waals surface area (Å²) in [4.78, 5) is 24.4. The highest BCUT2D eigenvalue weighted by Crippen LogP contribution is 2.24. The molecule has 0 unspecified atom stereocenters. The van der Waals surface area contributed by atoms with Crippen LogP contribution in [0.5, 0.6) is 0 Å². The molecule has 8 heteroatoms. The molecular formula is C21H18N4O4. The second kappa shape index (κ2) is 7.97. The molecule has 8 nitrogen and oxygen atoms in total. The molecule has 0 aliphatic heterocycles. The Morgan fingerprint density at radius 1 is 0.931 bits per heavy atom. The van der Waals surface area contributed by atoms with Crippen molar-refractivity contribution >= 4 is 22.8 Å². The van der Waals surface area contributed by atoms with Gasteiger partial charge in [0.1, 0.15) is 5.58 Å². The normalized spacial score (nSPS) is 10.8. The van der Waals surface area contributed by atoms with Crippen LogP contribution in [0.4, 0.5) is 0 Å². The zero-order valence-corrected chi connectivity index (χ0v) is 15.6. The van der Waals surface area contributed by atoms with E-state index < -0.39 is 5.91 Å². The summed E-state index contributed by atoms with van der Waals surface area (Å²) >= 11 is 0. The van der Waals surface area contributed by atoms with Crippen molar-refractivity contribution in [2.24, 2.45) is 0 Å². The molecule has 2 aromatic carbocycles. The van der Waals surface area contributed by atoms with E-state index in [-0.39, 0.29) is 24.5 Å². The lowest BCUT2D eigenvalue weighted by molar-refractivity contribution is -0.121. The van der Waals surface area contributed by atoms with Crippen molar-refractivity contribution in [2.75, 3.05) is 0 Å². The van der Waals surface area contributed by atoms with Gasteiger partial charge in [-0.15, -0.1) is 10.2 Å². The molecule has 2 aromatic heterocycles. The first kappa shape index (κ1) is 18.4. The van der Waals surface area contributed by atoms with Crippen molar-refractivity contribution in [1.82, 2.24) is 21.0 Å². The minimum atomic E-state index is -0.517. The molecule has 4 rings (SSSR count). The molecule has 0 radical (unpaired) electrons. The number of hydrazine groups is 1. The van der Waals surface area contributed by atoms with Crippen molar-refractivity contribution in [2.45, 2.75) is 19.8 Å². The van der Waals surface area contributed by atoms with Gasteiger partial charge in [-0.2, -0.15) is 0 Å². The number of furan rings is 1. The minimum absolute atomic E-state index is 0.0792. The van der Waals surface area contributed by atoms with Gasteiger partial charge in [-0.25, -0.2) is 0 Å². The van der Waals surface area contributed by atoms with Gasteiger partial charge in [0.05, 0.1) is 0 Å². The van der Waals surface area contributed by atoms with Gasteiger partial charge >= 0.3 is 5.91 Å². The predicted octanol–water partition coefficient (Wildman–Crippen LogP) is 3.19. The molecule has 0 bridgehead atoms. The van der Waals surface area contributed by atoms with Crippen LogP contribution in [0.15, 0.2) is 63.4 Å². The maximum atomic E-state index is 12.3. The average molecular weight is 390 g/mol. The third-order valence-corrected chi connectivity index (χ3v) is 4.42. The summed E-state index contributed by atoms with van der Waals surface area (Å²) in [6.45, 7) is 1.79. The van der Waals surface area contributed by atoms with Crippen LogP contribution in [0.25, 0.3) is 22.4 Å². The number of aryl methyl sites for hydroxylation is 2. The van der Waals surface area contributed by atoms with Crippen LogP contribution in [0.3, 0.4) is 0 Å². The summed E-state index contributed by atoms with van der Waals surface area (Å²) in [7, 11) is 0. The highest BCUT2D eigenvalue weighted by Gasteiger charge is 2.18. The van der Waals surface area contributed by atoms with E-state index in [9.17, 15) is 9.59 Å². The lowest BCUT2D eigenvalue weighted by Crippen LogP contribution is -2.41. The molecule has 0 saturated heterocycles. The monoisotopic (exact) mass is 390 g/mol. The average Bonchev–Trinajstić information content (AvgIpc) is 3.36. The summed E-state index contributed by atoms with van der Waals surface area (Å²) in [5.74, 6) is 0.00631. The van der Waals surface area contributed by atoms with E-state index in [0.29, 0.717) is 22.9 Å². The number of hydrogen-bond donors (Lipinski definition) is 2. The first-order valence-corrected chi connectivity index (χ1v) is 9.07. The molecule has 2 N–H and O–H groups in total. The highest BCUT2D eigenvalue weighted by molar-refractivity contribution is 5.99. The number of rotatable bonds is 5. The van der Waals surface area contributed by atoms with Crippen molar-refractivity contribution in [3.05, 3.63) is 71.8 Å². The molecule has 146 valence electrons. The number of nitrogens with one attached hydrogen (secondary N) is 2. The van der Waals surface area contributed by atoms with E-state index in [2.05, 4.69) is 21.0 Å². The molecule has 0 saturated carbocycles. The first-order chi connectivity index (χ1) is 14.1. The zero-order valence-electron chi connectivity index (χ0n) is 15.6. The Morgan fingerprint density at radius 3 is 2.48 bits per heavy atom. The smallest absolute Gasteiger partial charge is 0.305 e. The Kier molecular flexibility index (Phi) is 5.07. The quantitative estimate of drug-likeness (QED) is 0.507. The van der Waals surface area contributed by atoms with Gasteiger partial charge in [-0.05, 0) is 25.1 Å². The summed E-state index contributed by atoms with van der Waals surface area (Å²) < 4.78 is 11.1. The van der Waals surface area contributed by atoms with Crippen LogP contribution < -0.4 is 10.9 Å². The Labute approximate surface area is 165 Å². The second-order valence-corrected chi connectivity index (χ2v) is 6.42. The van der Waals surface area contributed by atoms with Crippen LogP contribution >= 0.6 is 0 Å². The van der Waals surface area contributed by atoms with Crippen molar-refractivity contribution in [3.8, 4) is 11.5 Å². The number of amides is 2. The van der Waals surface area contributed by atoms with E-state index in [0.717, 1.165) is 10.9 Å². The molecule has 0 aliphatic rings. The SMILES string of the molecule is Cc1c(C(=O)NNC(=O)CCc2nnc(-c3ccccc3)o2)oc2ccccc12. The van der Waals surface area contributed by atoms with Crippen LogP contribution in [0.1, 0.15) is 28.4 Å². The van der Waals surface area contributed by atoms with Crippen molar-refractivity contribution in [1.29, 1.82) is 0 Å². The van der Waals surface area contributed by atoms with E-state index in [1.54, 1.807) is 13.0 Å². The van der Waals surface area contributed by atoms with Crippen LogP contribution in [-0.2, 0) is 11.2 Å². The van der Waals surface area contributed by atoms with E-state index in [1.165, 1.54) is 0 Å². The zero-order chi connectivity index (χ0) is 20.2. The standard InChI is InChI=1S/C21H18N4O4/c1-13-15-9-5-6-10-16(15)28-19(13)20(27)24-22-17(26)11-12-18-23-25-21(29-18)14-7-3-2-4-8-14/h2-10H,11-12H2,1H3,(H,22,26)(H,24,27). The molecule has 0 aliphatic carbocycles. The minimum Gasteiger partial charge on any atom is -0.451 e. The molecule has 0 spiro atoms. The maximum absolute atomic E-state index is 12.3. The number of para-hydroxylation sites is 1. The third kappa shape index (κ3) is 4.01. The maximum Gasteiger partial charge on any atom is 0.305 e. The van der Waals surface area contributed by atoms with Crippen LogP contribution in [0, 0.1) is 6.92 Å². The summed E-state index contributed by atoms with van der Waals surface area (Å²) in [6, 6.07) is 16.7. The van der Waals surface area contributed by atoms with E-state index >= 15 is 0 Å². The molecule has 29 heavy (non-hydrogen) atoms. The number of nitrogens with zero attached hydrogens (tertiary/aromatic N) is 2. The Balaban J connectivity index is 1.30. The fraction of sp³-hybridized carbons (Fsp3) is 0.143. The van der Waals surface area contributed by atoms with Gasteiger partial charge in [-0.1, -0.05) is 36.4 Å². The summed E-state index contributed by atoms with van der Waals surface area (Å²) in [5, 5.41) is 8.78. The molecule has 4 aromatic rings. The predicted molar refractivity (Wildman–Crippen MR) is 105 cm³/mol. The largest absolute Gasteiger partial charge is 0.451 e. The number of hydrogen-bond acceptors (Lipinski definition) is 6. The number of aromatic nitrogens is 2. The Bertz CT molecular complexity index is 1160. The van der Waals surface area contributed by atoms with Gasteiger partial charge < -0.3 is 8.83 Å². The Morgan fingerprint density at radius 2 is 1.69 bits per heavy atom. The fourth-order valence-electron chi connectivity index (χ4n) is 2.91. The summed E-state index contributed by atoms with van der Waals surface area (Å²) in [6.07, 6.45) is 0.334. The topological polar surface area (TPSA) is 110 Å². The van der Waals surface area contributed by atoms with Gasteiger partial charge in [0, 0.05) is 29.4 Å². The number of carbonyl (C=O) groups excluding carboxylic acids is 2. The van der Waals surface area contributed by atoms with Gasteiger partial charge in [0.2, 0.25) is 17.7 Å². The third-order valence-electron chi connectivity index (χ3n) is 4.42. The summed E-state index contributed by atoms with van der Waals surface area (Å²) in [5.41, 5.74) is 6.88. The van der Waals surface area contributed by atoms with E-state index in [4.69, 9.17) is 8.83 Å². The lowest BCUT2D eigenvalue weighted by atomic mass is 10.1. The number of fused-ring (bicyclic) bond motifs is 1. The van der Waals surface area contributed by atoms with Crippen LogP contribution in [0.2, 0.25) is 0 Å². The van der Waals surface area contributed by atoms with Gasteiger partial charge in [-0.3, -0.25) is 20.4 Å². The lowest BCUT2D eigenvalue weighted by Gasteiger charge is -2.05.